The number of halogens is 3. The maximum Gasteiger partial charge on any atom is 0.416 e. The molecule has 1 aliphatic rings. The average Bonchev–Trinajstić information content (AvgIpc) is 2.99. The van der Waals surface area contributed by atoms with Crippen molar-refractivity contribution in [2.45, 2.75) is 33.0 Å². The SMILES string of the molecule is CCNC(=O)CN(CC)C(=O)[C@@H]1CC(=O)N(Cc2cccc(C(F)(F)F)c2)C1. The number of likely N-dealkylation sites (tertiary alicyclic amines) is 1. The second-order valence-corrected chi connectivity index (χ2v) is 6.68. The van der Waals surface area contributed by atoms with Gasteiger partial charge in [0.05, 0.1) is 18.0 Å². The van der Waals surface area contributed by atoms with E-state index in [-0.39, 0.29) is 43.8 Å². The molecular formula is C19H24F3N3O3. The maximum absolute atomic E-state index is 12.8. The highest BCUT2D eigenvalue weighted by atomic mass is 19.4. The summed E-state index contributed by atoms with van der Waals surface area (Å²) in [5.41, 5.74) is -0.422. The number of rotatable bonds is 7. The zero-order chi connectivity index (χ0) is 20.9. The largest absolute Gasteiger partial charge is 0.416 e. The van der Waals surface area contributed by atoms with Crippen molar-refractivity contribution < 1.29 is 27.6 Å². The van der Waals surface area contributed by atoms with Crippen LogP contribution < -0.4 is 5.32 Å². The number of carbonyl (C=O) groups is 3. The van der Waals surface area contributed by atoms with Gasteiger partial charge in [0.15, 0.2) is 0 Å². The number of carbonyl (C=O) groups excluding carboxylic acids is 3. The topological polar surface area (TPSA) is 69.7 Å². The molecule has 9 heteroatoms. The molecule has 1 aliphatic heterocycles. The lowest BCUT2D eigenvalue weighted by Crippen LogP contribution is -2.43. The Morgan fingerprint density at radius 3 is 2.61 bits per heavy atom. The molecule has 1 fully saturated rings. The predicted molar refractivity (Wildman–Crippen MR) is 95.9 cm³/mol. The van der Waals surface area contributed by atoms with E-state index in [0.29, 0.717) is 18.7 Å². The van der Waals surface area contributed by atoms with E-state index < -0.39 is 17.7 Å². The van der Waals surface area contributed by atoms with Crippen LogP contribution in [0.4, 0.5) is 13.2 Å². The number of nitrogens with zero attached hydrogens (tertiary/aromatic N) is 2. The first-order valence-corrected chi connectivity index (χ1v) is 9.15. The Morgan fingerprint density at radius 1 is 1.29 bits per heavy atom. The van der Waals surface area contributed by atoms with Crippen molar-refractivity contribution in [3.8, 4) is 0 Å². The lowest BCUT2D eigenvalue weighted by Gasteiger charge is -2.23. The van der Waals surface area contributed by atoms with E-state index in [4.69, 9.17) is 0 Å². The minimum absolute atomic E-state index is 0.00891. The molecule has 1 atom stereocenters. The molecule has 3 amide bonds. The third-order valence-electron chi connectivity index (χ3n) is 4.59. The van der Waals surface area contributed by atoms with Crippen LogP contribution >= 0.6 is 0 Å². The van der Waals surface area contributed by atoms with Crippen LogP contribution in [0.3, 0.4) is 0 Å². The van der Waals surface area contributed by atoms with Crippen LogP contribution in [-0.4, -0.2) is 53.7 Å². The Bertz CT molecular complexity index is 737. The minimum atomic E-state index is -4.45. The Kier molecular flexibility index (Phi) is 7.04. The first-order valence-electron chi connectivity index (χ1n) is 9.15. The molecule has 0 aliphatic carbocycles. The summed E-state index contributed by atoms with van der Waals surface area (Å²) in [6.07, 6.45) is -4.46. The molecule has 154 valence electrons. The molecule has 0 unspecified atom stereocenters. The van der Waals surface area contributed by atoms with Crippen molar-refractivity contribution in [3.05, 3.63) is 35.4 Å². The number of alkyl halides is 3. The van der Waals surface area contributed by atoms with Gasteiger partial charge in [-0.1, -0.05) is 12.1 Å². The molecule has 6 nitrogen and oxygen atoms in total. The number of amides is 3. The van der Waals surface area contributed by atoms with Crippen molar-refractivity contribution in [1.29, 1.82) is 0 Å². The van der Waals surface area contributed by atoms with Crippen LogP contribution in [0.15, 0.2) is 24.3 Å². The number of likely N-dealkylation sites (N-methyl/N-ethyl adjacent to an activating group) is 2. The predicted octanol–water partition coefficient (Wildman–Crippen LogP) is 2.04. The van der Waals surface area contributed by atoms with Gasteiger partial charge in [-0.3, -0.25) is 14.4 Å². The Labute approximate surface area is 161 Å². The third-order valence-corrected chi connectivity index (χ3v) is 4.59. The van der Waals surface area contributed by atoms with Crippen molar-refractivity contribution in [2.75, 3.05) is 26.2 Å². The average molecular weight is 399 g/mol. The fourth-order valence-corrected chi connectivity index (χ4v) is 3.19. The van der Waals surface area contributed by atoms with Crippen molar-refractivity contribution in [1.82, 2.24) is 15.1 Å². The van der Waals surface area contributed by atoms with Gasteiger partial charge in [0.25, 0.3) is 0 Å². The molecule has 0 saturated carbocycles. The number of benzene rings is 1. The van der Waals surface area contributed by atoms with E-state index >= 15 is 0 Å². The van der Waals surface area contributed by atoms with E-state index in [9.17, 15) is 27.6 Å². The summed E-state index contributed by atoms with van der Waals surface area (Å²) < 4.78 is 38.5. The normalized spacial score (nSPS) is 17.0. The quantitative estimate of drug-likeness (QED) is 0.763. The smallest absolute Gasteiger partial charge is 0.355 e. The molecule has 1 N–H and O–H groups in total. The number of hydrogen-bond donors (Lipinski definition) is 1. The van der Waals surface area contributed by atoms with Crippen LogP contribution in [0.2, 0.25) is 0 Å². The lowest BCUT2D eigenvalue weighted by atomic mass is 10.1. The van der Waals surface area contributed by atoms with Gasteiger partial charge in [0.1, 0.15) is 0 Å². The molecule has 2 rings (SSSR count). The van der Waals surface area contributed by atoms with Gasteiger partial charge in [0, 0.05) is 32.6 Å². The summed E-state index contributed by atoms with van der Waals surface area (Å²) in [6, 6.07) is 4.80. The van der Waals surface area contributed by atoms with E-state index in [1.807, 2.05) is 0 Å². The maximum atomic E-state index is 12.8. The molecule has 1 heterocycles. The van der Waals surface area contributed by atoms with E-state index in [1.54, 1.807) is 13.8 Å². The van der Waals surface area contributed by atoms with Gasteiger partial charge in [-0.15, -0.1) is 0 Å². The van der Waals surface area contributed by atoms with Crippen LogP contribution in [0.1, 0.15) is 31.4 Å². The van der Waals surface area contributed by atoms with Gasteiger partial charge in [-0.25, -0.2) is 0 Å². The van der Waals surface area contributed by atoms with Crippen molar-refractivity contribution in [2.24, 2.45) is 5.92 Å². The van der Waals surface area contributed by atoms with Gasteiger partial charge in [-0.2, -0.15) is 13.2 Å². The Morgan fingerprint density at radius 2 is 2.00 bits per heavy atom. The molecule has 1 aromatic carbocycles. The van der Waals surface area contributed by atoms with Crippen LogP contribution in [0.25, 0.3) is 0 Å². The van der Waals surface area contributed by atoms with Crippen molar-refractivity contribution in [3.63, 3.8) is 0 Å². The van der Waals surface area contributed by atoms with Gasteiger partial charge in [-0.05, 0) is 31.5 Å². The van der Waals surface area contributed by atoms with E-state index in [0.717, 1.165) is 12.1 Å². The summed E-state index contributed by atoms with van der Waals surface area (Å²) in [4.78, 5) is 39.4. The van der Waals surface area contributed by atoms with Crippen molar-refractivity contribution >= 4 is 17.7 Å². The first-order chi connectivity index (χ1) is 13.2. The third kappa shape index (κ3) is 5.46. The lowest BCUT2D eigenvalue weighted by molar-refractivity contribution is -0.139. The molecule has 1 saturated heterocycles. The molecule has 0 bridgehead atoms. The number of nitrogens with one attached hydrogen (secondary N) is 1. The van der Waals surface area contributed by atoms with Crippen LogP contribution in [0, 0.1) is 5.92 Å². The summed E-state index contributed by atoms with van der Waals surface area (Å²) >= 11 is 0. The molecule has 0 spiro atoms. The highest BCUT2D eigenvalue weighted by Crippen LogP contribution is 2.30. The Hall–Kier alpha value is -2.58. The monoisotopic (exact) mass is 399 g/mol. The zero-order valence-electron chi connectivity index (χ0n) is 15.9. The molecule has 1 aromatic rings. The minimum Gasteiger partial charge on any atom is -0.355 e. The summed E-state index contributed by atoms with van der Waals surface area (Å²) in [7, 11) is 0. The summed E-state index contributed by atoms with van der Waals surface area (Å²) in [5.74, 6) is -1.46. The molecular weight excluding hydrogens is 375 g/mol. The zero-order valence-corrected chi connectivity index (χ0v) is 15.9. The number of hydrogen-bond acceptors (Lipinski definition) is 3. The summed E-state index contributed by atoms with van der Waals surface area (Å²) in [6.45, 7) is 4.35. The fraction of sp³-hybridized carbons (Fsp3) is 0.526. The van der Waals surface area contributed by atoms with Gasteiger partial charge in [0.2, 0.25) is 17.7 Å². The fourth-order valence-electron chi connectivity index (χ4n) is 3.19. The highest BCUT2D eigenvalue weighted by Gasteiger charge is 2.37. The summed E-state index contributed by atoms with van der Waals surface area (Å²) in [5, 5.41) is 2.62. The second kappa shape index (κ2) is 9.07. The highest BCUT2D eigenvalue weighted by molar-refractivity contribution is 5.91. The molecule has 28 heavy (non-hydrogen) atoms. The molecule has 0 radical (unpaired) electrons. The van der Waals surface area contributed by atoms with Gasteiger partial charge >= 0.3 is 6.18 Å². The van der Waals surface area contributed by atoms with Crippen LogP contribution in [-0.2, 0) is 27.1 Å². The Balaban J connectivity index is 2.03. The van der Waals surface area contributed by atoms with Crippen LogP contribution in [0.5, 0.6) is 0 Å². The molecule has 0 aromatic heterocycles. The van der Waals surface area contributed by atoms with E-state index in [1.165, 1.54) is 21.9 Å². The second-order valence-electron chi connectivity index (χ2n) is 6.68. The van der Waals surface area contributed by atoms with E-state index in [2.05, 4.69) is 5.32 Å². The first kappa shape index (κ1) is 21.7. The van der Waals surface area contributed by atoms with Gasteiger partial charge < -0.3 is 15.1 Å². The standard InChI is InChI=1S/C19H24F3N3O3/c1-3-23-16(26)12-24(4-2)18(28)14-9-17(27)25(11-14)10-13-6-5-7-15(8-13)19(20,21)22/h5-8,14H,3-4,9-12H2,1-2H3,(H,23,26)/t14-/m1/s1.